The smallest absolute Gasteiger partial charge is 0.0541 e. The number of para-hydroxylation sites is 2. The lowest BCUT2D eigenvalue weighted by atomic mass is 9.79. The second-order valence-electron chi connectivity index (χ2n) is 19.7. The van der Waals surface area contributed by atoms with Crippen molar-refractivity contribution in [3.8, 4) is 61.3 Å². The van der Waals surface area contributed by atoms with E-state index in [1.165, 1.54) is 105 Å². The summed E-state index contributed by atoms with van der Waals surface area (Å²) in [5, 5.41) is 2.56. The summed E-state index contributed by atoms with van der Waals surface area (Å²) in [5.41, 5.74) is 24.9. The monoisotopic (exact) mass is 870 g/mol. The molecule has 13 rings (SSSR count). The fourth-order valence-electron chi connectivity index (χ4n) is 11.7. The predicted molar refractivity (Wildman–Crippen MR) is 287 cm³/mol. The lowest BCUT2D eigenvalue weighted by Crippen LogP contribution is -2.17. The molecule has 10 aromatic carbocycles. The van der Waals surface area contributed by atoms with Gasteiger partial charge >= 0.3 is 0 Å². The number of nitrogens with zero attached hydrogens (tertiary/aromatic N) is 2. The summed E-state index contributed by atoms with van der Waals surface area (Å²) in [6, 6.07) is 85.3. The molecule has 0 saturated carbocycles. The average Bonchev–Trinajstić information content (AvgIpc) is 3.93. The van der Waals surface area contributed by atoms with Crippen LogP contribution in [0.2, 0.25) is 0 Å². The average molecular weight is 871 g/mol. The van der Waals surface area contributed by atoms with Gasteiger partial charge in [0.05, 0.1) is 11.0 Å². The number of aromatic nitrogens is 1. The molecule has 2 heteroatoms. The van der Waals surface area contributed by atoms with E-state index in [2.05, 4.69) is 268 Å². The summed E-state index contributed by atoms with van der Waals surface area (Å²) < 4.78 is 2.40. The first-order chi connectivity index (χ1) is 33.2. The number of hydrogen-bond donors (Lipinski definition) is 0. The van der Waals surface area contributed by atoms with Crippen LogP contribution in [-0.2, 0) is 10.8 Å². The van der Waals surface area contributed by atoms with Crippen LogP contribution in [0.4, 0.5) is 17.1 Å². The molecule has 2 nitrogen and oxygen atoms in total. The lowest BCUT2D eigenvalue weighted by molar-refractivity contribution is 0.652. The molecule has 0 amide bonds. The molecule has 0 unspecified atom stereocenters. The Labute approximate surface area is 399 Å². The standard InChI is InChI=1S/C66H50N2/c1-65(2)58-23-15-22-52(47-30-36-50(37-31-47)68-62-24-13-11-20-54(62)55-21-12-14-25-63(55)68)64(58)57-42-60-56(41-61(57)65)53-39-38-51(40-59(53)66(60,3)4)67(48-32-26-45(27-33-48)43-16-7-5-8-17-43)49-34-28-46(29-35-49)44-18-9-6-10-19-44/h5-42H,1-4H3. The Morgan fingerprint density at radius 2 is 0.765 bits per heavy atom. The number of benzene rings is 10. The van der Waals surface area contributed by atoms with Gasteiger partial charge < -0.3 is 9.47 Å². The second-order valence-corrected chi connectivity index (χ2v) is 19.7. The van der Waals surface area contributed by atoms with Gasteiger partial charge in [-0.1, -0.05) is 185 Å². The van der Waals surface area contributed by atoms with Crippen molar-refractivity contribution in [3.05, 3.63) is 253 Å². The SMILES string of the molecule is CC1(C)c2cc(N(c3ccc(-c4ccccc4)cc3)c3ccc(-c4ccccc4)cc3)ccc2-c2cc3c(cc21)-c1c(-c2ccc(-n4c5ccccc5c5ccccc54)cc2)cccc1C3(C)C. The lowest BCUT2D eigenvalue weighted by Gasteiger charge is -2.28. The summed E-state index contributed by atoms with van der Waals surface area (Å²) in [6.45, 7) is 9.66. The quantitative estimate of drug-likeness (QED) is 0.155. The highest BCUT2D eigenvalue weighted by atomic mass is 15.1. The third kappa shape index (κ3) is 6.10. The Balaban J connectivity index is 0.896. The molecule has 2 aliphatic rings. The molecule has 0 fully saturated rings. The number of rotatable bonds is 7. The van der Waals surface area contributed by atoms with E-state index in [0.29, 0.717) is 0 Å². The van der Waals surface area contributed by atoms with Gasteiger partial charge in [-0.2, -0.15) is 0 Å². The minimum atomic E-state index is -0.235. The maximum absolute atomic E-state index is 2.55. The van der Waals surface area contributed by atoms with Crippen molar-refractivity contribution < 1.29 is 0 Å². The van der Waals surface area contributed by atoms with Gasteiger partial charge in [-0.3, -0.25) is 0 Å². The van der Waals surface area contributed by atoms with Crippen molar-refractivity contribution in [1.29, 1.82) is 0 Å². The molecule has 1 aromatic heterocycles. The first kappa shape index (κ1) is 40.1. The summed E-state index contributed by atoms with van der Waals surface area (Å²) in [4.78, 5) is 2.42. The Morgan fingerprint density at radius 1 is 0.309 bits per heavy atom. The van der Waals surface area contributed by atoms with Crippen LogP contribution in [0.3, 0.4) is 0 Å². The first-order valence-electron chi connectivity index (χ1n) is 23.9. The predicted octanol–water partition coefficient (Wildman–Crippen LogP) is 17.9. The van der Waals surface area contributed by atoms with E-state index in [1.54, 1.807) is 0 Å². The molecule has 0 N–H and O–H groups in total. The van der Waals surface area contributed by atoms with Crippen LogP contribution in [-0.4, -0.2) is 4.57 Å². The molecule has 2 aliphatic carbocycles. The van der Waals surface area contributed by atoms with Crippen molar-refractivity contribution >= 4 is 38.9 Å². The number of hydrogen-bond acceptors (Lipinski definition) is 1. The van der Waals surface area contributed by atoms with Crippen molar-refractivity contribution in [2.45, 2.75) is 38.5 Å². The van der Waals surface area contributed by atoms with Crippen LogP contribution in [0, 0.1) is 0 Å². The topological polar surface area (TPSA) is 8.17 Å². The van der Waals surface area contributed by atoms with Crippen LogP contribution < -0.4 is 4.90 Å². The Morgan fingerprint density at radius 3 is 1.35 bits per heavy atom. The molecule has 68 heavy (non-hydrogen) atoms. The fourth-order valence-corrected chi connectivity index (χ4v) is 11.7. The van der Waals surface area contributed by atoms with Crippen LogP contribution in [0.5, 0.6) is 0 Å². The summed E-state index contributed by atoms with van der Waals surface area (Å²) in [5.74, 6) is 0. The van der Waals surface area contributed by atoms with Crippen LogP contribution >= 0.6 is 0 Å². The highest BCUT2D eigenvalue weighted by molar-refractivity contribution is 6.09. The molecule has 1 heterocycles. The summed E-state index contributed by atoms with van der Waals surface area (Å²) in [6.07, 6.45) is 0. The second kappa shape index (κ2) is 15.2. The van der Waals surface area contributed by atoms with Crippen LogP contribution in [0.1, 0.15) is 49.9 Å². The zero-order valence-corrected chi connectivity index (χ0v) is 38.8. The normalized spacial score (nSPS) is 13.8. The molecule has 0 spiro atoms. The molecule has 0 aliphatic heterocycles. The third-order valence-electron chi connectivity index (χ3n) is 15.2. The van der Waals surface area contributed by atoms with Gasteiger partial charge in [-0.05, 0) is 151 Å². The highest BCUT2D eigenvalue weighted by Crippen LogP contribution is 2.58. The minimum Gasteiger partial charge on any atom is -0.310 e. The van der Waals surface area contributed by atoms with E-state index in [0.717, 1.165) is 17.1 Å². The molecule has 0 bridgehead atoms. The number of fused-ring (bicyclic) bond motifs is 9. The third-order valence-corrected chi connectivity index (χ3v) is 15.2. The van der Waals surface area contributed by atoms with Gasteiger partial charge in [0.2, 0.25) is 0 Å². The first-order valence-corrected chi connectivity index (χ1v) is 23.9. The van der Waals surface area contributed by atoms with Crippen molar-refractivity contribution in [1.82, 2.24) is 4.57 Å². The molecular weight excluding hydrogens is 821 g/mol. The minimum absolute atomic E-state index is 0.167. The molecule has 0 saturated heterocycles. The number of anilines is 3. The van der Waals surface area contributed by atoms with E-state index in [-0.39, 0.29) is 10.8 Å². The van der Waals surface area contributed by atoms with E-state index in [1.807, 2.05) is 0 Å². The van der Waals surface area contributed by atoms with Gasteiger partial charge in [0, 0.05) is 44.4 Å². The van der Waals surface area contributed by atoms with Crippen molar-refractivity contribution in [3.63, 3.8) is 0 Å². The van der Waals surface area contributed by atoms with Gasteiger partial charge in [0.25, 0.3) is 0 Å². The fraction of sp³-hybridized carbons (Fsp3) is 0.0909. The van der Waals surface area contributed by atoms with E-state index in [9.17, 15) is 0 Å². The maximum Gasteiger partial charge on any atom is 0.0541 e. The van der Waals surface area contributed by atoms with Gasteiger partial charge in [-0.15, -0.1) is 0 Å². The van der Waals surface area contributed by atoms with Crippen LogP contribution in [0.25, 0.3) is 83.1 Å². The maximum atomic E-state index is 2.55. The highest BCUT2D eigenvalue weighted by Gasteiger charge is 2.42. The van der Waals surface area contributed by atoms with Crippen LogP contribution in [0.15, 0.2) is 231 Å². The summed E-state index contributed by atoms with van der Waals surface area (Å²) >= 11 is 0. The van der Waals surface area contributed by atoms with E-state index >= 15 is 0 Å². The Kier molecular flexibility index (Phi) is 8.95. The Bertz CT molecular complexity index is 3610. The van der Waals surface area contributed by atoms with Gasteiger partial charge in [-0.25, -0.2) is 0 Å². The summed E-state index contributed by atoms with van der Waals surface area (Å²) in [7, 11) is 0. The van der Waals surface area contributed by atoms with Gasteiger partial charge in [0.15, 0.2) is 0 Å². The largest absolute Gasteiger partial charge is 0.310 e. The van der Waals surface area contributed by atoms with Gasteiger partial charge in [0.1, 0.15) is 0 Å². The zero-order valence-electron chi connectivity index (χ0n) is 38.8. The van der Waals surface area contributed by atoms with Crippen molar-refractivity contribution in [2.24, 2.45) is 0 Å². The molecule has 11 aromatic rings. The Hall–Kier alpha value is -8.20. The van der Waals surface area contributed by atoms with E-state index < -0.39 is 0 Å². The molecule has 0 radical (unpaired) electrons. The molecular formula is C66H50N2. The molecule has 324 valence electrons. The van der Waals surface area contributed by atoms with E-state index in [4.69, 9.17) is 0 Å². The molecule has 0 atom stereocenters. The van der Waals surface area contributed by atoms with Crippen molar-refractivity contribution in [2.75, 3.05) is 4.90 Å². The zero-order chi connectivity index (χ0) is 45.7.